The second-order valence-corrected chi connectivity index (χ2v) is 7.78. The van der Waals surface area contributed by atoms with Crippen LogP contribution in [0, 0.1) is 16.7 Å². The van der Waals surface area contributed by atoms with Crippen LogP contribution in [-0.4, -0.2) is 5.91 Å². The Kier molecular flexibility index (Phi) is 3.81. The summed E-state index contributed by atoms with van der Waals surface area (Å²) in [5, 5.41) is 0. The fraction of sp³-hybridized carbons (Fsp3) is 0.632. The van der Waals surface area contributed by atoms with E-state index in [9.17, 15) is 4.79 Å². The standard InChI is InChI=1S/C19H27NO.H2/c1-18-10-5-11-19(14-18,17(20)21)13-16(12-18)9-8-15-6-3-2-4-7-15;/h2-4,6-7,16H,5,8-14H2,1H3,(H2,20,21);1H/t16?,18-,19?;/m1./s1. The highest BCUT2D eigenvalue weighted by atomic mass is 16.1. The first kappa shape index (κ1) is 14.6. The van der Waals surface area contributed by atoms with Gasteiger partial charge in [-0.3, -0.25) is 4.79 Å². The molecule has 0 aliphatic heterocycles. The zero-order valence-electron chi connectivity index (χ0n) is 13.1. The van der Waals surface area contributed by atoms with Crippen LogP contribution in [0.25, 0.3) is 0 Å². The average molecular weight is 287 g/mol. The first-order chi connectivity index (χ1) is 10.0. The quantitative estimate of drug-likeness (QED) is 0.880. The Morgan fingerprint density at radius 1 is 1.29 bits per heavy atom. The van der Waals surface area contributed by atoms with Gasteiger partial charge in [0.25, 0.3) is 0 Å². The fourth-order valence-electron chi connectivity index (χ4n) is 5.05. The zero-order valence-corrected chi connectivity index (χ0v) is 13.1. The zero-order chi connectivity index (χ0) is 14.9. The maximum atomic E-state index is 12.1. The van der Waals surface area contributed by atoms with Gasteiger partial charge >= 0.3 is 0 Å². The molecule has 2 unspecified atom stereocenters. The topological polar surface area (TPSA) is 43.1 Å². The van der Waals surface area contributed by atoms with Crippen LogP contribution < -0.4 is 5.73 Å². The Bertz CT molecular complexity index is 517. The number of amides is 1. The molecular formula is C19H29NO. The van der Waals surface area contributed by atoms with Crippen LogP contribution in [0.3, 0.4) is 0 Å². The van der Waals surface area contributed by atoms with E-state index >= 15 is 0 Å². The minimum atomic E-state index is -0.202. The average Bonchev–Trinajstić information content (AvgIpc) is 2.45. The highest BCUT2D eigenvalue weighted by Gasteiger charge is 2.51. The van der Waals surface area contributed by atoms with Gasteiger partial charge in [0.15, 0.2) is 0 Å². The maximum absolute atomic E-state index is 12.1. The molecule has 0 saturated heterocycles. The van der Waals surface area contributed by atoms with Crippen molar-refractivity contribution in [3.8, 4) is 0 Å². The molecule has 3 atom stereocenters. The number of nitrogens with two attached hydrogens (primary N) is 1. The molecule has 2 heteroatoms. The number of hydrogen-bond donors (Lipinski definition) is 1. The molecule has 2 fully saturated rings. The van der Waals surface area contributed by atoms with E-state index in [1.165, 1.54) is 31.2 Å². The van der Waals surface area contributed by atoms with Gasteiger partial charge < -0.3 is 5.73 Å². The SMILES string of the molecule is C[C@@]12CCCC(C(N)=O)(CC(CCc3ccccc3)C1)C2.[HH]. The first-order valence-electron chi connectivity index (χ1n) is 8.35. The van der Waals surface area contributed by atoms with Crippen molar-refractivity contribution in [2.24, 2.45) is 22.5 Å². The lowest BCUT2D eigenvalue weighted by atomic mass is 9.52. The lowest BCUT2D eigenvalue weighted by molar-refractivity contribution is -0.138. The van der Waals surface area contributed by atoms with Gasteiger partial charge in [-0.15, -0.1) is 0 Å². The van der Waals surface area contributed by atoms with Gasteiger partial charge in [0, 0.05) is 6.84 Å². The van der Waals surface area contributed by atoms with Crippen LogP contribution in [-0.2, 0) is 11.2 Å². The van der Waals surface area contributed by atoms with Crippen molar-refractivity contribution >= 4 is 5.91 Å². The monoisotopic (exact) mass is 287 g/mol. The van der Waals surface area contributed by atoms with Gasteiger partial charge in [0.1, 0.15) is 0 Å². The fourth-order valence-corrected chi connectivity index (χ4v) is 5.05. The summed E-state index contributed by atoms with van der Waals surface area (Å²) in [6, 6.07) is 10.7. The van der Waals surface area contributed by atoms with Crippen molar-refractivity contribution in [2.75, 3.05) is 0 Å². The van der Waals surface area contributed by atoms with E-state index < -0.39 is 0 Å². The second kappa shape index (κ2) is 5.47. The molecule has 1 aromatic carbocycles. The Morgan fingerprint density at radius 3 is 2.76 bits per heavy atom. The Hall–Kier alpha value is -1.31. The summed E-state index contributed by atoms with van der Waals surface area (Å²) < 4.78 is 0. The third-order valence-corrected chi connectivity index (χ3v) is 5.87. The third-order valence-electron chi connectivity index (χ3n) is 5.87. The number of carbonyl (C=O) groups excluding carboxylic acids is 1. The summed E-state index contributed by atoms with van der Waals surface area (Å²) in [4.78, 5) is 12.1. The minimum Gasteiger partial charge on any atom is -0.369 e. The molecule has 2 bridgehead atoms. The van der Waals surface area contributed by atoms with E-state index in [2.05, 4.69) is 37.3 Å². The smallest absolute Gasteiger partial charge is 0.223 e. The second-order valence-electron chi connectivity index (χ2n) is 7.78. The Balaban J connectivity index is 0.00000176. The molecule has 2 saturated carbocycles. The van der Waals surface area contributed by atoms with Gasteiger partial charge in [-0.1, -0.05) is 43.7 Å². The van der Waals surface area contributed by atoms with Gasteiger partial charge in [-0.2, -0.15) is 0 Å². The minimum absolute atomic E-state index is 0. The Morgan fingerprint density at radius 2 is 2.05 bits per heavy atom. The third kappa shape index (κ3) is 3.00. The van der Waals surface area contributed by atoms with Crippen molar-refractivity contribution in [3.05, 3.63) is 35.9 Å². The maximum Gasteiger partial charge on any atom is 0.223 e. The number of primary amides is 1. The molecule has 0 radical (unpaired) electrons. The van der Waals surface area contributed by atoms with E-state index in [1.807, 2.05) is 0 Å². The molecular weight excluding hydrogens is 258 g/mol. The molecule has 21 heavy (non-hydrogen) atoms. The van der Waals surface area contributed by atoms with Gasteiger partial charge in [-0.25, -0.2) is 0 Å². The number of hydrogen-bond acceptors (Lipinski definition) is 1. The number of carbonyl (C=O) groups is 1. The molecule has 1 aromatic rings. The number of aryl methyl sites for hydroxylation is 1. The van der Waals surface area contributed by atoms with Crippen molar-refractivity contribution < 1.29 is 6.22 Å². The lowest BCUT2D eigenvalue weighted by Crippen LogP contribution is -2.49. The molecule has 2 aliphatic carbocycles. The van der Waals surface area contributed by atoms with Gasteiger partial charge in [0.05, 0.1) is 0 Å². The summed E-state index contributed by atoms with van der Waals surface area (Å²) in [5.41, 5.74) is 7.35. The molecule has 0 heterocycles. The van der Waals surface area contributed by atoms with E-state index in [0.29, 0.717) is 11.3 Å². The summed E-state index contributed by atoms with van der Waals surface area (Å²) in [5.74, 6) is 0.606. The molecule has 1 amide bonds. The van der Waals surface area contributed by atoms with E-state index in [4.69, 9.17) is 5.73 Å². The van der Waals surface area contributed by atoms with Crippen molar-refractivity contribution in [1.29, 1.82) is 0 Å². The number of fused-ring (bicyclic) bond motifs is 2. The predicted octanol–water partition coefficient (Wildman–Crippen LogP) is 4.33. The summed E-state index contributed by atoms with van der Waals surface area (Å²) in [6.45, 7) is 2.37. The van der Waals surface area contributed by atoms with Crippen LogP contribution in [0.5, 0.6) is 0 Å². The summed E-state index contributed by atoms with van der Waals surface area (Å²) in [6.07, 6.45) is 9.08. The van der Waals surface area contributed by atoms with Crippen LogP contribution in [0.4, 0.5) is 0 Å². The van der Waals surface area contributed by atoms with Crippen molar-refractivity contribution in [2.45, 2.75) is 58.3 Å². The van der Waals surface area contributed by atoms with E-state index in [1.54, 1.807) is 0 Å². The van der Waals surface area contributed by atoms with Crippen molar-refractivity contribution in [3.63, 3.8) is 0 Å². The molecule has 0 spiro atoms. The molecule has 2 aliphatic rings. The van der Waals surface area contributed by atoms with Crippen molar-refractivity contribution in [1.82, 2.24) is 0 Å². The largest absolute Gasteiger partial charge is 0.369 e. The Labute approximate surface area is 129 Å². The summed E-state index contributed by atoms with van der Waals surface area (Å²) >= 11 is 0. The van der Waals surface area contributed by atoms with Crippen LogP contribution in [0.1, 0.15) is 58.9 Å². The van der Waals surface area contributed by atoms with Gasteiger partial charge in [0.2, 0.25) is 5.91 Å². The van der Waals surface area contributed by atoms with Crippen LogP contribution in [0.15, 0.2) is 30.3 Å². The number of rotatable bonds is 4. The molecule has 0 aromatic heterocycles. The molecule has 2 N–H and O–H groups in total. The number of benzene rings is 1. The molecule has 2 nitrogen and oxygen atoms in total. The van der Waals surface area contributed by atoms with Gasteiger partial charge in [-0.05, 0) is 61.8 Å². The lowest BCUT2D eigenvalue weighted by Gasteiger charge is -2.52. The molecule has 3 rings (SSSR count). The van der Waals surface area contributed by atoms with Crippen LogP contribution >= 0.6 is 0 Å². The molecule has 116 valence electrons. The van der Waals surface area contributed by atoms with E-state index in [-0.39, 0.29) is 12.7 Å². The normalized spacial score (nSPS) is 35.4. The van der Waals surface area contributed by atoms with E-state index in [0.717, 1.165) is 25.7 Å². The highest BCUT2D eigenvalue weighted by molar-refractivity contribution is 5.81. The predicted molar refractivity (Wildman–Crippen MR) is 87.8 cm³/mol. The highest BCUT2D eigenvalue weighted by Crippen LogP contribution is 2.57. The van der Waals surface area contributed by atoms with Crippen LogP contribution in [0.2, 0.25) is 0 Å². The first-order valence-corrected chi connectivity index (χ1v) is 8.35. The summed E-state index contributed by atoms with van der Waals surface area (Å²) in [7, 11) is 0.